The van der Waals surface area contributed by atoms with Crippen LogP contribution in [0.2, 0.25) is 0 Å². The van der Waals surface area contributed by atoms with Gasteiger partial charge in [0.15, 0.2) is 0 Å². The minimum absolute atomic E-state index is 0. The maximum absolute atomic E-state index is 2.27. The monoisotopic (exact) mass is 196 g/mol. The van der Waals surface area contributed by atoms with E-state index in [1.165, 1.54) is 57.8 Å². The van der Waals surface area contributed by atoms with Crippen molar-refractivity contribution in [1.82, 2.24) is 0 Å². The molecule has 0 nitrogen and oxygen atoms in total. The van der Waals surface area contributed by atoms with Gasteiger partial charge in [0, 0.05) is 0 Å². The molecular weight excluding hydrogens is 171 g/mol. The molecule has 0 rings (SSSR count). The van der Waals surface area contributed by atoms with Crippen molar-refractivity contribution in [3.05, 3.63) is 0 Å². The molecule has 0 bridgehead atoms. The van der Waals surface area contributed by atoms with Crippen LogP contribution in [0.3, 0.4) is 0 Å². The van der Waals surface area contributed by atoms with Crippen molar-refractivity contribution < 1.29 is 52.8 Å². The molecule has 0 fully saturated rings. The summed E-state index contributed by atoms with van der Waals surface area (Å²) in [6, 6.07) is 0. The molecule has 0 aromatic carbocycles. The number of hydrogen-bond donors (Lipinski definition) is 0. The van der Waals surface area contributed by atoms with E-state index < -0.39 is 0 Å². The smallest absolute Gasteiger partial charge is 1.00 e. The molecule has 0 saturated heterocycles. The van der Waals surface area contributed by atoms with Crippen LogP contribution in [0.15, 0.2) is 0 Å². The van der Waals surface area contributed by atoms with Gasteiger partial charge in [0.2, 0.25) is 0 Å². The summed E-state index contributed by atoms with van der Waals surface area (Å²) in [6.45, 7) is 4.55. The van der Waals surface area contributed by atoms with Crippen LogP contribution in [0.25, 0.3) is 0 Å². The zero-order valence-corrected chi connectivity index (χ0v) is 12.5. The Kier molecular flexibility index (Phi) is 20.3. The topological polar surface area (TPSA) is 0 Å². The van der Waals surface area contributed by atoms with E-state index >= 15 is 0 Å². The van der Waals surface area contributed by atoms with E-state index in [9.17, 15) is 0 Å². The molecule has 0 aliphatic heterocycles. The van der Waals surface area contributed by atoms with Crippen LogP contribution in [-0.2, 0) is 0 Å². The summed E-state index contributed by atoms with van der Waals surface area (Å²) >= 11 is 0. The molecule has 12 heavy (non-hydrogen) atoms. The minimum atomic E-state index is 0. The first-order valence-corrected chi connectivity index (χ1v) is 5.41. The van der Waals surface area contributed by atoms with Crippen molar-refractivity contribution in [2.24, 2.45) is 0 Å². The second-order valence-corrected chi connectivity index (χ2v) is 3.47. The Bertz CT molecular complexity index is 59.1. The normalized spacial score (nSPS) is 9.50. The van der Waals surface area contributed by atoms with Crippen LogP contribution in [0.1, 0.15) is 73.1 Å². The van der Waals surface area contributed by atoms with Crippen LogP contribution in [0.4, 0.5) is 0 Å². The molecule has 0 aromatic heterocycles. The van der Waals surface area contributed by atoms with Gasteiger partial charge in [-0.1, -0.05) is 71.6 Å². The maximum atomic E-state index is 2.27. The first kappa shape index (κ1) is 16.1. The molecule has 0 heterocycles. The quantitative estimate of drug-likeness (QED) is 0.409. The van der Waals surface area contributed by atoms with E-state index in [4.69, 9.17) is 0 Å². The molecule has 0 spiro atoms. The Morgan fingerprint density at radius 2 is 0.833 bits per heavy atom. The van der Waals surface area contributed by atoms with Gasteiger partial charge in [-0.3, -0.25) is 0 Å². The van der Waals surface area contributed by atoms with Crippen LogP contribution >= 0.6 is 0 Å². The van der Waals surface area contributed by atoms with Gasteiger partial charge in [-0.25, -0.2) is 0 Å². The summed E-state index contributed by atoms with van der Waals surface area (Å²) in [4.78, 5) is 0. The standard InChI is InChI=1S/C11H24.K.H/c1-3-5-7-9-11-10-8-6-4-2;;/h3-11H2,1-2H3;;/q;+1;-1. The fraction of sp³-hybridized carbons (Fsp3) is 1.00. The SMILES string of the molecule is CCCCCCCCCCC.[H-].[K+]. The second kappa shape index (κ2) is 15.1. The molecule has 0 amide bonds. The van der Waals surface area contributed by atoms with E-state index in [0.717, 1.165) is 0 Å². The van der Waals surface area contributed by atoms with Gasteiger partial charge in [-0.15, -0.1) is 0 Å². The Morgan fingerprint density at radius 1 is 0.583 bits per heavy atom. The number of rotatable bonds is 8. The van der Waals surface area contributed by atoms with E-state index in [1.54, 1.807) is 0 Å². The van der Waals surface area contributed by atoms with Gasteiger partial charge < -0.3 is 1.43 Å². The number of unbranched alkanes of at least 4 members (excludes halogenated alkanes) is 8. The molecule has 0 aromatic rings. The molecule has 0 aliphatic rings. The van der Waals surface area contributed by atoms with Crippen molar-refractivity contribution >= 4 is 0 Å². The van der Waals surface area contributed by atoms with Crippen molar-refractivity contribution in [2.75, 3.05) is 0 Å². The Morgan fingerprint density at radius 3 is 1.08 bits per heavy atom. The van der Waals surface area contributed by atoms with E-state index in [2.05, 4.69) is 13.8 Å². The van der Waals surface area contributed by atoms with Crippen molar-refractivity contribution in [3.8, 4) is 0 Å². The first-order valence-electron chi connectivity index (χ1n) is 5.41. The predicted molar refractivity (Wildman–Crippen MR) is 54.0 cm³/mol. The van der Waals surface area contributed by atoms with Crippen LogP contribution in [0, 0.1) is 0 Å². The van der Waals surface area contributed by atoms with Crippen molar-refractivity contribution in [3.63, 3.8) is 0 Å². The molecular formula is C11H25K. The summed E-state index contributed by atoms with van der Waals surface area (Å²) in [5, 5.41) is 0. The molecule has 0 saturated carbocycles. The molecule has 70 valence electrons. The van der Waals surface area contributed by atoms with Crippen LogP contribution in [0.5, 0.6) is 0 Å². The molecule has 0 N–H and O–H groups in total. The average molecular weight is 196 g/mol. The van der Waals surface area contributed by atoms with E-state index in [1.807, 2.05) is 0 Å². The molecule has 0 atom stereocenters. The van der Waals surface area contributed by atoms with Gasteiger partial charge in [0.25, 0.3) is 0 Å². The third-order valence-corrected chi connectivity index (χ3v) is 2.21. The van der Waals surface area contributed by atoms with Gasteiger partial charge >= 0.3 is 51.4 Å². The maximum Gasteiger partial charge on any atom is 1.00 e. The van der Waals surface area contributed by atoms with Gasteiger partial charge in [-0.05, 0) is 0 Å². The summed E-state index contributed by atoms with van der Waals surface area (Å²) in [6.07, 6.45) is 13.0. The summed E-state index contributed by atoms with van der Waals surface area (Å²) in [5.41, 5.74) is 0. The molecule has 0 radical (unpaired) electrons. The van der Waals surface area contributed by atoms with Crippen molar-refractivity contribution in [1.29, 1.82) is 0 Å². The Labute approximate surface area is 123 Å². The minimum Gasteiger partial charge on any atom is -1.00 e. The zero-order valence-electron chi connectivity index (χ0n) is 10.4. The second-order valence-electron chi connectivity index (χ2n) is 3.47. The third-order valence-electron chi connectivity index (χ3n) is 2.21. The summed E-state index contributed by atoms with van der Waals surface area (Å²) in [5.74, 6) is 0. The molecule has 0 unspecified atom stereocenters. The van der Waals surface area contributed by atoms with E-state index in [0.29, 0.717) is 0 Å². The van der Waals surface area contributed by atoms with Crippen molar-refractivity contribution in [2.45, 2.75) is 71.6 Å². The summed E-state index contributed by atoms with van der Waals surface area (Å²) < 4.78 is 0. The predicted octanol–water partition coefficient (Wildman–Crippen LogP) is 1.65. The number of hydrogen-bond acceptors (Lipinski definition) is 0. The third kappa shape index (κ3) is 14.2. The van der Waals surface area contributed by atoms with Gasteiger partial charge in [0.05, 0.1) is 0 Å². The molecule has 0 aliphatic carbocycles. The average Bonchev–Trinajstić information content (AvgIpc) is 2.03. The van der Waals surface area contributed by atoms with E-state index in [-0.39, 0.29) is 52.8 Å². The fourth-order valence-electron chi connectivity index (χ4n) is 1.38. The largest absolute Gasteiger partial charge is 1.00 e. The fourth-order valence-corrected chi connectivity index (χ4v) is 1.38. The Balaban J connectivity index is -0.000000500. The summed E-state index contributed by atoms with van der Waals surface area (Å²) in [7, 11) is 0. The van der Waals surface area contributed by atoms with Gasteiger partial charge in [-0.2, -0.15) is 0 Å². The molecule has 1 heteroatoms. The first-order chi connectivity index (χ1) is 5.41. The van der Waals surface area contributed by atoms with Crippen LogP contribution < -0.4 is 51.4 Å². The Hall–Kier alpha value is 1.64. The van der Waals surface area contributed by atoms with Gasteiger partial charge in [0.1, 0.15) is 0 Å². The van der Waals surface area contributed by atoms with Crippen LogP contribution in [-0.4, -0.2) is 0 Å². The zero-order chi connectivity index (χ0) is 8.36.